The third-order valence-electron chi connectivity index (χ3n) is 4.23. The first kappa shape index (κ1) is 22.6. The van der Waals surface area contributed by atoms with Gasteiger partial charge < -0.3 is 14.6 Å². The topological polar surface area (TPSA) is 109 Å². The molecule has 2 N–H and O–H groups in total. The maximum Gasteiger partial charge on any atom is 0.335 e. The Morgan fingerprint density at radius 2 is 1.97 bits per heavy atom. The summed E-state index contributed by atoms with van der Waals surface area (Å²) in [5.41, 5.74) is 2.13. The molecule has 0 bridgehead atoms. The van der Waals surface area contributed by atoms with Crippen LogP contribution in [0.25, 0.3) is 16.6 Å². The molecular weight excluding hydrogens is 440 g/mol. The molecule has 0 aliphatic heterocycles. The number of aromatic carboxylic acids is 1. The van der Waals surface area contributed by atoms with Gasteiger partial charge in [-0.05, 0) is 23.8 Å². The largest absolute Gasteiger partial charge is 0.495 e. The third kappa shape index (κ3) is 5.36. The SMILES string of the molecule is COCC=Cc1ccc(-c2ncc(N(c3ccc(C(=O)O)cc3OC)S(=O)O)s2)cc1. The maximum atomic E-state index is 12.1. The quantitative estimate of drug-likeness (QED) is 0.454. The van der Waals surface area contributed by atoms with Crippen LogP contribution in [0, 0.1) is 0 Å². The number of aromatic nitrogens is 1. The van der Waals surface area contributed by atoms with Crippen LogP contribution >= 0.6 is 11.3 Å². The summed E-state index contributed by atoms with van der Waals surface area (Å²) in [4.78, 5) is 15.6. The molecular formula is C21H20N2O6S2. The molecule has 0 aliphatic rings. The van der Waals surface area contributed by atoms with E-state index < -0.39 is 17.2 Å². The van der Waals surface area contributed by atoms with E-state index in [-0.39, 0.29) is 17.0 Å². The Bertz CT molecular complexity index is 1110. The lowest BCUT2D eigenvalue weighted by Crippen LogP contribution is -2.19. The van der Waals surface area contributed by atoms with Crippen molar-refractivity contribution >= 4 is 45.3 Å². The van der Waals surface area contributed by atoms with E-state index in [1.165, 1.54) is 42.8 Å². The highest BCUT2D eigenvalue weighted by molar-refractivity contribution is 7.81. The van der Waals surface area contributed by atoms with Gasteiger partial charge >= 0.3 is 5.97 Å². The van der Waals surface area contributed by atoms with Crippen LogP contribution in [0.15, 0.2) is 54.7 Å². The van der Waals surface area contributed by atoms with Crippen molar-refractivity contribution in [2.45, 2.75) is 0 Å². The Kier molecular flexibility index (Phi) is 7.53. The van der Waals surface area contributed by atoms with E-state index in [0.29, 0.717) is 16.6 Å². The number of thiazole rings is 1. The van der Waals surface area contributed by atoms with Crippen LogP contribution in [-0.2, 0) is 16.0 Å². The number of hydrogen-bond acceptors (Lipinski definition) is 6. The molecule has 31 heavy (non-hydrogen) atoms. The molecule has 0 spiro atoms. The minimum atomic E-state index is -2.43. The fourth-order valence-corrected chi connectivity index (χ4v) is 4.44. The van der Waals surface area contributed by atoms with Gasteiger partial charge in [-0.2, -0.15) is 0 Å². The van der Waals surface area contributed by atoms with Gasteiger partial charge in [0.05, 0.1) is 31.2 Å². The maximum absolute atomic E-state index is 12.1. The molecule has 0 saturated heterocycles. The van der Waals surface area contributed by atoms with E-state index >= 15 is 0 Å². The molecule has 0 fully saturated rings. The molecule has 0 aliphatic carbocycles. The number of hydrogen-bond donors (Lipinski definition) is 2. The summed E-state index contributed by atoms with van der Waals surface area (Å²) >= 11 is -1.20. The Hall–Kier alpha value is -3.05. The number of rotatable bonds is 9. The van der Waals surface area contributed by atoms with Crippen LogP contribution in [-0.4, -0.2) is 45.6 Å². The smallest absolute Gasteiger partial charge is 0.335 e. The Morgan fingerprint density at radius 1 is 1.23 bits per heavy atom. The first-order valence-corrected chi connectivity index (χ1v) is 10.9. The van der Waals surface area contributed by atoms with Gasteiger partial charge in [0, 0.05) is 12.7 Å². The molecule has 2 aromatic carbocycles. The lowest BCUT2D eigenvalue weighted by atomic mass is 10.1. The van der Waals surface area contributed by atoms with Crippen molar-refractivity contribution in [1.82, 2.24) is 4.98 Å². The van der Waals surface area contributed by atoms with Crippen molar-refractivity contribution in [3.8, 4) is 16.3 Å². The lowest BCUT2D eigenvalue weighted by molar-refractivity contribution is 0.0696. The van der Waals surface area contributed by atoms with Crippen molar-refractivity contribution in [1.29, 1.82) is 0 Å². The highest BCUT2D eigenvalue weighted by atomic mass is 32.2. The molecule has 1 aromatic heterocycles. The van der Waals surface area contributed by atoms with Crippen molar-refractivity contribution in [3.05, 3.63) is 65.9 Å². The molecule has 162 valence electrons. The minimum Gasteiger partial charge on any atom is -0.495 e. The molecule has 3 aromatic rings. The van der Waals surface area contributed by atoms with Gasteiger partial charge in [0.25, 0.3) is 11.3 Å². The summed E-state index contributed by atoms with van der Waals surface area (Å²) in [5, 5.41) is 10.2. The summed E-state index contributed by atoms with van der Waals surface area (Å²) in [6.45, 7) is 0.530. The number of ether oxygens (including phenoxy) is 2. The molecule has 0 amide bonds. The monoisotopic (exact) mass is 460 g/mol. The molecule has 1 heterocycles. The van der Waals surface area contributed by atoms with Crippen molar-refractivity contribution in [2.24, 2.45) is 0 Å². The molecule has 0 saturated carbocycles. The number of methoxy groups -OCH3 is 2. The summed E-state index contributed by atoms with van der Waals surface area (Å²) in [6.07, 6.45) is 5.35. The second-order valence-electron chi connectivity index (χ2n) is 6.20. The first-order valence-electron chi connectivity index (χ1n) is 8.98. The molecule has 1 atom stereocenters. The van der Waals surface area contributed by atoms with Crippen LogP contribution in [0.3, 0.4) is 0 Å². The molecule has 3 rings (SSSR count). The van der Waals surface area contributed by atoms with Crippen LogP contribution < -0.4 is 9.04 Å². The average molecular weight is 461 g/mol. The number of carboxylic acid groups (broad SMARTS) is 1. The van der Waals surface area contributed by atoms with Gasteiger partial charge in [-0.15, -0.1) is 0 Å². The average Bonchev–Trinajstić information content (AvgIpc) is 3.24. The summed E-state index contributed by atoms with van der Waals surface area (Å²) in [6, 6.07) is 11.8. The second-order valence-corrected chi connectivity index (χ2v) is 8.04. The number of nitrogens with zero attached hydrogens (tertiary/aromatic N) is 2. The summed E-state index contributed by atoms with van der Waals surface area (Å²) in [7, 11) is 3.00. The zero-order valence-electron chi connectivity index (χ0n) is 16.7. The van der Waals surface area contributed by atoms with E-state index in [2.05, 4.69) is 4.98 Å². The minimum absolute atomic E-state index is 0.00824. The zero-order valence-corrected chi connectivity index (χ0v) is 18.4. The van der Waals surface area contributed by atoms with E-state index in [4.69, 9.17) is 9.47 Å². The normalized spacial score (nSPS) is 12.1. The second kappa shape index (κ2) is 10.3. The van der Waals surface area contributed by atoms with Gasteiger partial charge in [0.15, 0.2) is 0 Å². The lowest BCUT2D eigenvalue weighted by Gasteiger charge is -2.20. The van der Waals surface area contributed by atoms with E-state index in [1.54, 1.807) is 7.11 Å². The fraction of sp³-hybridized carbons (Fsp3) is 0.143. The van der Waals surface area contributed by atoms with E-state index in [0.717, 1.165) is 15.4 Å². The Labute approximate surface area is 185 Å². The molecule has 10 heteroatoms. The van der Waals surface area contributed by atoms with Gasteiger partial charge in [0.2, 0.25) is 0 Å². The fourth-order valence-electron chi connectivity index (χ4n) is 2.77. The van der Waals surface area contributed by atoms with Gasteiger partial charge in [-0.1, -0.05) is 47.8 Å². The number of carboxylic acids is 1. The standard InChI is InChI=1S/C21H20N2O6S2/c1-28-11-3-4-14-5-7-15(8-6-14)20-22-13-19(30-20)23(31(26)27)17-10-9-16(21(24)25)12-18(17)29-2/h3-10,12-13H,11H2,1-2H3,(H,24,25)(H,26,27). The number of anilines is 2. The van der Waals surface area contributed by atoms with E-state index in [1.807, 2.05) is 36.4 Å². The molecule has 0 radical (unpaired) electrons. The number of benzene rings is 2. The Morgan fingerprint density at radius 3 is 2.58 bits per heavy atom. The predicted molar refractivity (Wildman–Crippen MR) is 121 cm³/mol. The van der Waals surface area contributed by atoms with Crippen molar-refractivity contribution < 1.29 is 28.1 Å². The van der Waals surface area contributed by atoms with Crippen LogP contribution in [0.5, 0.6) is 5.75 Å². The zero-order chi connectivity index (χ0) is 22.4. The number of carbonyl (C=O) groups is 1. The van der Waals surface area contributed by atoms with Crippen molar-refractivity contribution in [3.63, 3.8) is 0 Å². The summed E-state index contributed by atoms with van der Waals surface area (Å²) < 4.78 is 33.4. The van der Waals surface area contributed by atoms with E-state index in [9.17, 15) is 18.7 Å². The Balaban J connectivity index is 1.92. The van der Waals surface area contributed by atoms with Crippen LogP contribution in [0.1, 0.15) is 15.9 Å². The third-order valence-corrected chi connectivity index (χ3v) is 6.08. The van der Waals surface area contributed by atoms with Gasteiger partial charge in [-0.3, -0.25) is 4.55 Å². The predicted octanol–water partition coefficient (Wildman–Crippen LogP) is 4.45. The van der Waals surface area contributed by atoms with Crippen LogP contribution in [0.2, 0.25) is 0 Å². The van der Waals surface area contributed by atoms with Crippen molar-refractivity contribution in [2.75, 3.05) is 25.1 Å². The highest BCUT2D eigenvalue weighted by Gasteiger charge is 2.23. The van der Waals surface area contributed by atoms with Crippen LogP contribution in [0.4, 0.5) is 10.7 Å². The molecule has 8 nitrogen and oxygen atoms in total. The molecule has 1 unspecified atom stereocenters. The first-order chi connectivity index (χ1) is 14.9. The summed E-state index contributed by atoms with van der Waals surface area (Å²) in [5.74, 6) is -0.966. The van der Waals surface area contributed by atoms with Gasteiger partial charge in [-0.25, -0.2) is 18.3 Å². The highest BCUT2D eigenvalue weighted by Crippen LogP contribution is 2.40. The van der Waals surface area contributed by atoms with Gasteiger partial charge in [0.1, 0.15) is 15.8 Å².